The third-order valence-corrected chi connectivity index (χ3v) is 8.36. The number of carbonyl (C=O) groups is 2. The first-order valence-electron chi connectivity index (χ1n) is 12.1. The summed E-state index contributed by atoms with van der Waals surface area (Å²) in [4.78, 5) is 31.8. The van der Waals surface area contributed by atoms with E-state index in [4.69, 9.17) is 0 Å². The first-order valence-corrected chi connectivity index (χ1v) is 13.2. The summed E-state index contributed by atoms with van der Waals surface area (Å²) >= 11 is 0. The Bertz CT molecular complexity index is 1280. The number of nitrogens with one attached hydrogen (secondary N) is 1. The van der Waals surface area contributed by atoms with Crippen LogP contribution in [0.5, 0.6) is 0 Å². The van der Waals surface area contributed by atoms with Gasteiger partial charge >= 0.3 is 0 Å². The zero-order valence-corrected chi connectivity index (χ0v) is 20.6. The molecule has 2 heterocycles. The number of nitrogens with zero attached hydrogens (tertiary/aromatic N) is 2. The van der Waals surface area contributed by atoms with Gasteiger partial charge in [0.2, 0.25) is 0 Å². The molecule has 2 amide bonds. The van der Waals surface area contributed by atoms with E-state index in [1.54, 1.807) is 47.4 Å². The van der Waals surface area contributed by atoms with E-state index in [0.29, 0.717) is 45.7 Å². The van der Waals surface area contributed by atoms with Crippen LogP contribution in [0.3, 0.4) is 0 Å². The van der Waals surface area contributed by atoms with Crippen LogP contribution in [0.25, 0.3) is 0 Å². The number of rotatable bonds is 6. The minimum atomic E-state index is -1.54. The minimum Gasteiger partial charge on any atom is -0.350 e. The molecule has 2 atom stereocenters. The Kier molecular flexibility index (Phi) is 6.79. The number of likely N-dealkylation sites (N-methyl/N-ethyl adjacent to an activating group) is 1. The molecule has 180 valence electrons. The predicted octanol–water partition coefficient (Wildman–Crippen LogP) is 4.23. The molecule has 1 fully saturated rings. The zero-order chi connectivity index (χ0) is 24.4. The molecule has 3 aromatic carbocycles. The fourth-order valence-corrected chi connectivity index (χ4v) is 6.33. The van der Waals surface area contributed by atoms with Crippen molar-refractivity contribution in [3.05, 3.63) is 89.5 Å². The average Bonchev–Trinajstić information content (AvgIpc) is 3.34. The van der Waals surface area contributed by atoms with Crippen LogP contribution in [0.2, 0.25) is 0 Å². The van der Waals surface area contributed by atoms with Gasteiger partial charge in [-0.05, 0) is 61.8 Å². The number of hydrogen-bond donors (Lipinski definition) is 1. The quantitative estimate of drug-likeness (QED) is 0.565. The monoisotopic (exact) mass is 487 g/mol. The lowest BCUT2D eigenvalue weighted by Crippen LogP contribution is -2.40. The van der Waals surface area contributed by atoms with E-state index in [2.05, 4.69) is 17.1 Å². The van der Waals surface area contributed by atoms with Gasteiger partial charge in [-0.15, -0.1) is 0 Å². The van der Waals surface area contributed by atoms with Crippen molar-refractivity contribution in [2.24, 2.45) is 0 Å². The summed E-state index contributed by atoms with van der Waals surface area (Å²) in [7, 11) is -1.54. The van der Waals surface area contributed by atoms with E-state index in [1.807, 2.05) is 30.3 Å². The number of likely N-dealkylation sites (tertiary alicyclic amines) is 1. The summed E-state index contributed by atoms with van der Waals surface area (Å²) in [6.07, 6.45) is 2.23. The molecule has 2 aliphatic rings. The van der Waals surface area contributed by atoms with E-state index in [0.717, 1.165) is 31.5 Å². The molecule has 0 spiro atoms. The van der Waals surface area contributed by atoms with Gasteiger partial charge in [-0.2, -0.15) is 0 Å². The molecule has 1 saturated heterocycles. The second kappa shape index (κ2) is 10.1. The number of fused-ring (bicyclic) bond motifs is 2. The van der Waals surface area contributed by atoms with E-state index in [1.165, 1.54) is 0 Å². The third kappa shape index (κ3) is 4.66. The van der Waals surface area contributed by atoms with Gasteiger partial charge in [0.15, 0.2) is 0 Å². The van der Waals surface area contributed by atoms with E-state index in [9.17, 15) is 13.8 Å². The van der Waals surface area contributed by atoms with Crippen LogP contribution >= 0.6 is 0 Å². The van der Waals surface area contributed by atoms with Gasteiger partial charge in [-0.1, -0.05) is 49.4 Å². The van der Waals surface area contributed by atoms with Crippen molar-refractivity contribution < 1.29 is 13.8 Å². The summed E-state index contributed by atoms with van der Waals surface area (Å²) < 4.78 is 13.5. The molecule has 0 bridgehead atoms. The smallest absolute Gasteiger partial charge is 0.259 e. The van der Waals surface area contributed by atoms with E-state index in [-0.39, 0.29) is 11.8 Å². The van der Waals surface area contributed by atoms with Crippen molar-refractivity contribution in [3.8, 4) is 0 Å². The number of hydrogen-bond acceptors (Lipinski definition) is 4. The molecule has 7 heteroatoms. The molecular formula is C28H29N3O3S. The minimum absolute atomic E-state index is 0.185. The predicted molar refractivity (Wildman–Crippen MR) is 137 cm³/mol. The van der Waals surface area contributed by atoms with Crippen molar-refractivity contribution >= 4 is 28.3 Å². The van der Waals surface area contributed by atoms with Crippen molar-refractivity contribution in [1.82, 2.24) is 10.2 Å². The molecule has 2 unspecified atom stereocenters. The van der Waals surface area contributed by atoms with Crippen LogP contribution in [0.15, 0.2) is 82.6 Å². The maximum Gasteiger partial charge on any atom is 0.259 e. The molecule has 1 N–H and O–H groups in total. The molecule has 6 nitrogen and oxygen atoms in total. The lowest BCUT2D eigenvalue weighted by molar-refractivity contribution is 0.0938. The van der Waals surface area contributed by atoms with E-state index >= 15 is 0 Å². The lowest BCUT2D eigenvalue weighted by Gasteiger charge is -2.24. The first kappa shape index (κ1) is 23.5. The fraction of sp³-hybridized carbons (Fsp3) is 0.286. The van der Waals surface area contributed by atoms with Crippen molar-refractivity contribution in [2.75, 3.05) is 24.5 Å². The van der Waals surface area contributed by atoms with Crippen molar-refractivity contribution in [1.29, 1.82) is 0 Å². The molecule has 0 aromatic heterocycles. The Morgan fingerprint density at radius 1 is 1.03 bits per heavy atom. The number of benzene rings is 3. The van der Waals surface area contributed by atoms with Gasteiger partial charge < -0.3 is 10.2 Å². The Morgan fingerprint density at radius 3 is 2.60 bits per heavy atom. The van der Waals surface area contributed by atoms with Crippen molar-refractivity contribution in [3.63, 3.8) is 0 Å². The topological polar surface area (TPSA) is 69.7 Å². The Balaban J connectivity index is 1.49. The van der Waals surface area contributed by atoms with Crippen LogP contribution in [-0.4, -0.2) is 46.6 Å². The number of amides is 2. The summed E-state index contributed by atoms with van der Waals surface area (Å²) in [5, 5.41) is 3.07. The average molecular weight is 488 g/mol. The van der Waals surface area contributed by atoms with E-state index < -0.39 is 10.8 Å². The Hall–Kier alpha value is -3.29. The zero-order valence-electron chi connectivity index (χ0n) is 19.8. The maximum atomic E-state index is 13.7. The second-order valence-corrected chi connectivity index (χ2v) is 10.4. The molecule has 0 radical (unpaired) electrons. The van der Waals surface area contributed by atoms with Crippen molar-refractivity contribution in [2.45, 2.75) is 42.1 Å². The molecular weight excluding hydrogens is 458 g/mol. The van der Waals surface area contributed by atoms with Gasteiger partial charge in [-0.3, -0.25) is 14.5 Å². The summed E-state index contributed by atoms with van der Waals surface area (Å²) in [6.45, 7) is 5.09. The van der Waals surface area contributed by atoms with Gasteiger partial charge in [0.05, 0.1) is 38.4 Å². The Labute approximate surface area is 208 Å². The molecule has 5 rings (SSSR count). The standard InChI is InChI=1S/C28H29N3O3S/c1-2-30-16-8-11-22(30)18-29-27(32)21-14-15-26-24(17-21)31(19-20-9-4-3-5-10-20)28(33)23-12-6-7-13-25(23)35(26)34/h3-7,9-10,12-15,17,22H,2,8,11,16,18-19H2,1H3,(H,29,32). The number of anilines is 1. The fourth-order valence-electron chi connectivity index (χ4n) is 4.98. The van der Waals surface area contributed by atoms with Gasteiger partial charge in [0, 0.05) is 18.2 Å². The second-order valence-electron chi connectivity index (χ2n) is 8.96. The largest absolute Gasteiger partial charge is 0.350 e. The molecule has 2 aliphatic heterocycles. The van der Waals surface area contributed by atoms with Crippen LogP contribution in [-0.2, 0) is 17.3 Å². The molecule has 35 heavy (non-hydrogen) atoms. The highest BCUT2D eigenvalue weighted by Crippen LogP contribution is 2.36. The van der Waals surface area contributed by atoms with Gasteiger partial charge in [0.1, 0.15) is 0 Å². The molecule has 0 saturated carbocycles. The Morgan fingerprint density at radius 2 is 1.80 bits per heavy atom. The summed E-state index contributed by atoms with van der Waals surface area (Å²) in [6, 6.07) is 22.2. The van der Waals surface area contributed by atoms with Gasteiger partial charge in [0.25, 0.3) is 11.8 Å². The first-order chi connectivity index (χ1) is 17.1. The summed E-state index contributed by atoms with van der Waals surface area (Å²) in [5.41, 5.74) is 2.34. The molecule has 0 aliphatic carbocycles. The van der Waals surface area contributed by atoms with Crippen LogP contribution in [0.1, 0.15) is 46.0 Å². The maximum absolute atomic E-state index is 13.7. The van der Waals surface area contributed by atoms with Crippen LogP contribution in [0, 0.1) is 0 Å². The van der Waals surface area contributed by atoms with Gasteiger partial charge in [-0.25, -0.2) is 4.21 Å². The third-order valence-electron chi connectivity index (χ3n) is 6.86. The molecule has 3 aromatic rings. The highest BCUT2D eigenvalue weighted by Gasteiger charge is 2.32. The highest BCUT2D eigenvalue weighted by molar-refractivity contribution is 7.85. The lowest BCUT2D eigenvalue weighted by atomic mass is 10.1. The van der Waals surface area contributed by atoms with Crippen LogP contribution in [0.4, 0.5) is 5.69 Å². The number of carbonyl (C=O) groups excluding carboxylic acids is 2. The highest BCUT2D eigenvalue weighted by atomic mass is 32.2. The SMILES string of the molecule is CCN1CCCC1CNC(=O)c1ccc2c(c1)N(Cc1ccccc1)C(=O)c1ccccc1S2=O. The normalized spacial score (nSPS) is 19.7. The summed E-state index contributed by atoms with van der Waals surface area (Å²) in [5.74, 6) is -0.408. The van der Waals surface area contributed by atoms with Crippen LogP contribution < -0.4 is 10.2 Å².